The number of benzene rings is 1. The predicted molar refractivity (Wildman–Crippen MR) is 121 cm³/mol. The highest BCUT2D eigenvalue weighted by molar-refractivity contribution is 7.89. The van der Waals surface area contributed by atoms with Gasteiger partial charge in [-0.2, -0.15) is 4.31 Å². The van der Waals surface area contributed by atoms with Crippen molar-refractivity contribution in [2.45, 2.75) is 50.5 Å². The van der Waals surface area contributed by atoms with Crippen LogP contribution in [0.3, 0.4) is 0 Å². The third kappa shape index (κ3) is 3.64. The highest BCUT2D eigenvalue weighted by Crippen LogP contribution is 2.38. The first-order chi connectivity index (χ1) is 15.4. The van der Waals surface area contributed by atoms with Crippen molar-refractivity contribution in [1.82, 2.24) is 19.3 Å². The maximum atomic E-state index is 13.4. The largest absolute Gasteiger partial charge is 0.360 e. The van der Waals surface area contributed by atoms with Gasteiger partial charge in [0.15, 0.2) is 5.76 Å². The van der Waals surface area contributed by atoms with E-state index >= 15 is 0 Å². The number of fused-ring (bicyclic) bond motifs is 1. The Morgan fingerprint density at radius 1 is 1.12 bits per heavy atom. The Morgan fingerprint density at radius 2 is 1.88 bits per heavy atom. The molecule has 0 aliphatic carbocycles. The predicted octanol–water partition coefficient (Wildman–Crippen LogP) is 3.67. The molecule has 2 fully saturated rings. The van der Waals surface area contributed by atoms with Gasteiger partial charge in [0, 0.05) is 25.6 Å². The second-order valence-corrected chi connectivity index (χ2v) is 11.5. The summed E-state index contributed by atoms with van der Waals surface area (Å²) in [4.78, 5) is 20.3. The van der Waals surface area contributed by atoms with E-state index in [4.69, 9.17) is 9.51 Å². The molecular formula is C22H26N4O4S2. The molecule has 10 heteroatoms. The Bertz CT molecular complexity index is 1210. The van der Waals surface area contributed by atoms with Crippen LogP contribution in [-0.2, 0) is 14.8 Å². The molecule has 0 saturated carbocycles. The van der Waals surface area contributed by atoms with Gasteiger partial charge in [-0.15, -0.1) is 11.3 Å². The quantitative estimate of drug-likeness (QED) is 0.572. The summed E-state index contributed by atoms with van der Waals surface area (Å²) in [7, 11) is -3.67. The number of nitrogens with zero attached hydrogens (tertiary/aromatic N) is 4. The van der Waals surface area contributed by atoms with Crippen molar-refractivity contribution in [3.8, 4) is 0 Å². The van der Waals surface area contributed by atoms with E-state index in [1.807, 2.05) is 23.1 Å². The number of carbonyl (C=O) groups excluding carboxylic acids is 1. The van der Waals surface area contributed by atoms with E-state index in [0.29, 0.717) is 37.4 Å². The van der Waals surface area contributed by atoms with E-state index in [-0.39, 0.29) is 22.8 Å². The van der Waals surface area contributed by atoms with Crippen LogP contribution in [0.5, 0.6) is 0 Å². The highest BCUT2D eigenvalue weighted by atomic mass is 32.2. The van der Waals surface area contributed by atoms with E-state index in [2.05, 4.69) is 11.2 Å². The summed E-state index contributed by atoms with van der Waals surface area (Å²) in [6.45, 7) is 4.62. The van der Waals surface area contributed by atoms with Crippen molar-refractivity contribution in [3.63, 3.8) is 0 Å². The molecule has 1 atom stereocenters. The lowest BCUT2D eigenvalue weighted by Gasteiger charge is -2.34. The molecular weight excluding hydrogens is 448 g/mol. The summed E-state index contributed by atoms with van der Waals surface area (Å²) in [6.07, 6.45) is 2.92. The standard InChI is InChI=1S/C22H26N4O4S2/c1-14-20(15(2)30-24-14)32(28,29)25-12-9-16(10-13-25)22(27)26-11-5-7-18(26)21-23-17-6-3-4-8-19(17)31-21/h3-4,6,8,16,18H,5,7,9-13H2,1-2H3/t18-/m1/s1. The van der Waals surface area contributed by atoms with E-state index in [1.54, 1.807) is 25.2 Å². The number of sulfonamides is 1. The summed E-state index contributed by atoms with van der Waals surface area (Å²) in [5.74, 6) is 0.263. The van der Waals surface area contributed by atoms with Gasteiger partial charge in [-0.05, 0) is 51.7 Å². The maximum absolute atomic E-state index is 13.4. The van der Waals surface area contributed by atoms with Crippen LogP contribution >= 0.6 is 11.3 Å². The van der Waals surface area contributed by atoms with Crippen molar-refractivity contribution in [2.24, 2.45) is 5.92 Å². The van der Waals surface area contributed by atoms with Gasteiger partial charge in [0.05, 0.1) is 16.3 Å². The summed E-state index contributed by atoms with van der Waals surface area (Å²) < 4.78 is 33.8. The lowest BCUT2D eigenvalue weighted by atomic mass is 9.96. The van der Waals surface area contributed by atoms with Gasteiger partial charge in [-0.3, -0.25) is 4.79 Å². The molecule has 0 spiro atoms. The van der Waals surface area contributed by atoms with Gasteiger partial charge in [0.2, 0.25) is 15.9 Å². The first kappa shape index (κ1) is 21.5. The summed E-state index contributed by atoms with van der Waals surface area (Å²) in [5.41, 5.74) is 1.35. The summed E-state index contributed by atoms with van der Waals surface area (Å²) in [5, 5.41) is 4.77. The lowest BCUT2D eigenvalue weighted by Crippen LogP contribution is -2.44. The lowest BCUT2D eigenvalue weighted by molar-refractivity contribution is -0.137. The Labute approximate surface area is 191 Å². The molecule has 1 amide bonds. The number of aromatic nitrogens is 2. The fraction of sp³-hybridized carbons (Fsp3) is 0.500. The minimum Gasteiger partial charge on any atom is -0.360 e. The Morgan fingerprint density at radius 3 is 2.56 bits per heavy atom. The smallest absolute Gasteiger partial charge is 0.248 e. The van der Waals surface area contributed by atoms with E-state index in [0.717, 1.165) is 34.6 Å². The number of hydrogen-bond acceptors (Lipinski definition) is 7. The SMILES string of the molecule is Cc1noc(C)c1S(=O)(=O)N1CCC(C(=O)N2CCC[C@@H]2c2nc3ccccc3s2)CC1. The zero-order chi connectivity index (χ0) is 22.5. The topological polar surface area (TPSA) is 96.6 Å². The van der Waals surface area contributed by atoms with Gasteiger partial charge >= 0.3 is 0 Å². The molecule has 32 heavy (non-hydrogen) atoms. The maximum Gasteiger partial charge on any atom is 0.248 e. The van der Waals surface area contributed by atoms with Gasteiger partial charge in [-0.1, -0.05) is 17.3 Å². The molecule has 2 aromatic heterocycles. The third-order valence-electron chi connectivity index (χ3n) is 6.50. The molecule has 2 aliphatic rings. The van der Waals surface area contributed by atoms with Crippen LogP contribution in [0.1, 0.15) is 48.2 Å². The number of aryl methyl sites for hydroxylation is 2. The second-order valence-electron chi connectivity index (χ2n) is 8.54. The first-order valence-electron chi connectivity index (χ1n) is 10.9. The van der Waals surface area contributed by atoms with Crippen LogP contribution < -0.4 is 0 Å². The van der Waals surface area contributed by atoms with Crippen LogP contribution in [0.15, 0.2) is 33.7 Å². The minimum absolute atomic E-state index is 0.0176. The van der Waals surface area contributed by atoms with E-state index in [9.17, 15) is 13.2 Å². The zero-order valence-corrected chi connectivity index (χ0v) is 19.8. The van der Waals surface area contributed by atoms with Gasteiger partial charge in [-0.25, -0.2) is 13.4 Å². The molecule has 0 radical (unpaired) electrons. The Kier molecular flexibility index (Phi) is 5.55. The van der Waals surface area contributed by atoms with Crippen LogP contribution in [0.4, 0.5) is 0 Å². The number of piperidine rings is 1. The molecule has 2 saturated heterocycles. The third-order valence-corrected chi connectivity index (χ3v) is 9.78. The molecule has 0 bridgehead atoms. The van der Waals surface area contributed by atoms with Crippen molar-refractivity contribution in [3.05, 3.63) is 40.7 Å². The number of likely N-dealkylation sites (tertiary alicyclic amines) is 1. The molecule has 4 heterocycles. The van der Waals surface area contributed by atoms with Gasteiger partial charge < -0.3 is 9.42 Å². The van der Waals surface area contributed by atoms with Crippen molar-refractivity contribution < 1.29 is 17.7 Å². The molecule has 5 rings (SSSR count). The fourth-order valence-electron chi connectivity index (χ4n) is 4.87. The van der Waals surface area contributed by atoms with Crippen LogP contribution in [0.2, 0.25) is 0 Å². The molecule has 0 N–H and O–H groups in total. The summed E-state index contributed by atoms with van der Waals surface area (Å²) >= 11 is 1.66. The first-order valence-corrected chi connectivity index (χ1v) is 13.2. The molecule has 8 nitrogen and oxygen atoms in total. The minimum atomic E-state index is -3.67. The molecule has 1 aromatic carbocycles. The second kappa shape index (κ2) is 8.24. The molecule has 0 unspecified atom stereocenters. The van der Waals surface area contributed by atoms with E-state index < -0.39 is 10.0 Å². The van der Waals surface area contributed by atoms with Crippen LogP contribution in [0.25, 0.3) is 10.2 Å². The number of thiazole rings is 1. The zero-order valence-electron chi connectivity index (χ0n) is 18.2. The van der Waals surface area contributed by atoms with Crippen molar-refractivity contribution in [2.75, 3.05) is 19.6 Å². The number of rotatable bonds is 4. The van der Waals surface area contributed by atoms with Crippen molar-refractivity contribution in [1.29, 1.82) is 0 Å². The van der Waals surface area contributed by atoms with E-state index in [1.165, 1.54) is 4.31 Å². The van der Waals surface area contributed by atoms with Gasteiger partial charge in [0.25, 0.3) is 0 Å². The monoisotopic (exact) mass is 474 g/mol. The van der Waals surface area contributed by atoms with Gasteiger partial charge in [0.1, 0.15) is 15.6 Å². The highest BCUT2D eigenvalue weighted by Gasteiger charge is 2.39. The van der Waals surface area contributed by atoms with Crippen molar-refractivity contribution >= 4 is 37.5 Å². The van der Waals surface area contributed by atoms with Crippen LogP contribution in [-0.4, -0.2) is 53.3 Å². The number of hydrogen-bond donors (Lipinski definition) is 0. The molecule has 3 aromatic rings. The van der Waals surface area contributed by atoms with Crippen LogP contribution in [0, 0.1) is 19.8 Å². The normalized spacial score (nSPS) is 20.9. The average molecular weight is 475 g/mol. The molecule has 170 valence electrons. The fourth-order valence-corrected chi connectivity index (χ4v) is 7.75. The number of carbonyl (C=O) groups is 1. The average Bonchev–Trinajstić information content (AvgIpc) is 3.51. The number of para-hydroxylation sites is 1. The number of amides is 1. The molecule has 2 aliphatic heterocycles. The Balaban J connectivity index is 1.29. The summed E-state index contributed by atoms with van der Waals surface area (Å²) in [6, 6.07) is 8.07. The Hall–Kier alpha value is -2.30.